The number of nitrogens with zero attached hydrogens (tertiary/aromatic N) is 3. The molecule has 0 aliphatic carbocycles. The summed E-state index contributed by atoms with van der Waals surface area (Å²) in [5.41, 5.74) is -0.214. The number of para-hydroxylation sites is 1. The van der Waals surface area contributed by atoms with Gasteiger partial charge in [0.15, 0.2) is 5.69 Å². The Labute approximate surface area is 111 Å². The van der Waals surface area contributed by atoms with Gasteiger partial charge < -0.3 is 10.4 Å². The van der Waals surface area contributed by atoms with Crippen molar-refractivity contribution in [2.75, 3.05) is 5.32 Å². The number of anilines is 1. The van der Waals surface area contributed by atoms with Crippen molar-refractivity contribution in [2.45, 2.75) is 6.92 Å². The van der Waals surface area contributed by atoms with Crippen LogP contribution in [-0.4, -0.2) is 25.5 Å². The number of hydrogen-bond acceptors (Lipinski definition) is 7. The lowest BCUT2D eigenvalue weighted by Crippen LogP contribution is -2.13. The lowest BCUT2D eigenvalue weighted by Gasteiger charge is -2.06. The number of hydrogen-bond donors (Lipinski definition) is 2. The minimum absolute atomic E-state index is 0.234. The Hall–Kier alpha value is -2.55. The van der Waals surface area contributed by atoms with E-state index in [2.05, 4.69) is 14.9 Å². The first-order chi connectivity index (χ1) is 9.00. The van der Waals surface area contributed by atoms with E-state index in [4.69, 9.17) is 0 Å². The van der Waals surface area contributed by atoms with Crippen LogP contribution in [0.1, 0.15) is 15.4 Å². The smallest absolute Gasteiger partial charge is 0.296 e. The minimum Gasteiger partial charge on any atom is -0.505 e. The van der Waals surface area contributed by atoms with Crippen molar-refractivity contribution in [3.8, 4) is 5.75 Å². The van der Waals surface area contributed by atoms with Crippen LogP contribution in [0.5, 0.6) is 5.75 Å². The maximum absolute atomic E-state index is 11.9. The SMILES string of the molecule is Cc1nnsc1C(=O)Nc1c(O)cccc1[N+](=O)[O-]. The topological polar surface area (TPSA) is 118 Å². The number of phenolic OH excluding ortho intramolecular Hbond substituents is 1. The van der Waals surface area contributed by atoms with E-state index in [0.29, 0.717) is 5.69 Å². The van der Waals surface area contributed by atoms with Crippen LogP contribution in [0.2, 0.25) is 0 Å². The van der Waals surface area contributed by atoms with Gasteiger partial charge in [-0.05, 0) is 24.5 Å². The quantitative estimate of drug-likeness (QED) is 0.502. The molecular formula is C10H8N4O4S. The van der Waals surface area contributed by atoms with Crippen LogP contribution in [0, 0.1) is 17.0 Å². The molecule has 98 valence electrons. The zero-order valence-corrected chi connectivity index (χ0v) is 10.5. The summed E-state index contributed by atoms with van der Waals surface area (Å²) in [4.78, 5) is 22.3. The average molecular weight is 280 g/mol. The molecule has 1 aromatic carbocycles. The summed E-state index contributed by atoms with van der Waals surface area (Å²) >= 11 is 0.872. The molecule has 0 spiro atoms. The standard InChI is InChI=1S/C10H8N4O4S/c1-5-9(19-13-12-5)10(16)11-8-6(14(17)18)3-2-4-7(8)15/h2-4,15H,1H3,(H,11,16). The molecule has 19 heavy (non-hydrogen) atoms. The molecule has 2 aromatic rings. The van der Waals surface area contributed by atoms with Crippen LogP contribution < -0.4 is 5.32 Å². The number of aromatic hydroxyl groups is 1. The van der Waals surface area contributed by atoms with Gasteiger partial charge in [0, 0.05) is 6.07 Å². The van der Waals surface area contributed by atoms with Gasteiger partial charge in [0.2, 0.25) is 0 Å². The van der Waals surface area contributed by atoms with E-state index < -0.39 is 10.8 Å². The summed E-state index contributed by atoms with van der Waals surface area (Å²) in [5.74, 6) is -0.977. The Kier molecular flexibility index (Phi) is 3.38. The van der Waals surface area contributed by atoms with Gasteiger partial charge in [-0.25, -0.2) is 0 Å². The predicted octanol–water partition coefficient (Wildman–Crippen LogP) is 1.71. The monoisotopic (exact) mass is 280 g/mol. The third kappa shape index (κ3) is 2.50. The maximum atomic E-state index is 11.9. The number of carbonyl (C=O) groups excluding carboxylic acids is 1. The summed E-state index contributed by atoms with van der Waals surface area (Å²) in [6.07, 6.45) is 0. The molecule has 8 nitrogen and oxygen atoms in total. The van der Waals surface area contributed by atoms with E-state index in [9.17, 15) is 20.0 Å². The fourth-order valence-corrected chi connectivity index (χ4v) is 1.97. The van der Waals surface area contributed by atoms with E-state index in [1.807, 2.05) is 0 Å². The van der Waals surface area contributed by atoms with Gasteiger partial charge in [-0.3, -0.25) is 14.9 Å². The van der Waals surface area contributed by atoms with Crippen molar-refractivity contribution < 1.29 is 14.8 Å². The summed E-state index contributed by atoms with van der Waals surface area (Å²) < 4.78 is 3.60. The first-order valence-corrected chi connectivity index (χ1v) is 5.84. The highest BCUT2D eigenvalue weighted by molar-refractivity contribution is 7.08. The first kappa shape index (κ1) is 12.9. The lowest BCUT2D eigenvalue weighted by atomic mass is 10.2. The molecule has 0 atom stereocenters. The Morgan fingerprint density at radius 2 is 2.26 bits per heavy atom. The third-order valence-corrected chi connectivity index (χ3v) is 3.14. The summed E-state index contributed by atoms with van der Waals surface area (Å²) in [6, 6.07) is 3.76. The van der Waals surface area contributed by atoms with Crippen LogP contribution in [0.15, 0.2) is 18.2 Å². The second-order valence-corrected chi connectivity index (χ2v) is 4.32. The van der Waals surface area contributed by atoms with Crippen molar-refractivity contribution in [1.29, 1.82) is 0 Å². The number of rotatable bonds is 3. The van der Waals surface area contributed by atoms with Crippen LogP contribution >= 0.6 is 11.5 Å². The number of aryl methyl sites for hydroxylation is 1. The molecule has 0 unspecified atom stereocenters. The Morgan fingerprint density at radius 3 is 2.84 bits per heavy atom. The van der Waals surface area contributed by atoms with E-state index >= 15 is 0 Å². The van der Waals surface area contributed by atoms with Crippen LogP contribution in [0.3, 0.4) is 0 Å². The molecule has 1 amide bonds. The Bertz CT molecular complexity index is 655. The molecule has 1 heterocycles. The number of nitro groups is 1. The van der Waals surface area contributed by atoms with Gasteiger partial charge in [0.1, 0.15) is 10.6 Å². The van der Waals surface area contributed by atoms with Gasteiger partial charge in [0.25, 0.3) is 11.6 Å². The highest BCUT2D eigenvalue weighted by atomic mass is 32.1. The lowest BCUT2D eigenvalue weighted by molar-refractivity contribution is -0.384. The largest absolute Gasteiger partial charge is 0.505 e. The average Bonchev–Trinajstić information content (AvgIpc) is 2.77. The van der Waals surface area contributed by atoms with Crippen molar-refractivity contribution >= 4 is 28.8 Å². The third-order valence-electron chi connectivity index (χ3n) is 2.31. The predicted molar refractivity (Wildman–Crippen MR) is 67.4 cm³/mol. The number of nitrogens with one attached hydrogen (secondary N) is 1. The first-order valence-electron chi connectivity index (χ1n) is 5.07. The second kappa shape index (κ2) is 4.98. The molecule has 2 N–H and O–H groups in total. The van der Waals surface area contributed by atoms with Gasteiger partial charge in [-0.15, -0.1) is 5.10 Å². The summed E-state index contributed by atoms with van der Waals surface area (Å²) in [7, 11) is 0. The zero-order chi connectivity index (χ0) is 14.0. The van der Waals surface area contributed by atoms with Gasteiger partial charge in [0.05, 0.1) is 10.6 Å². The number of nitro benzene ring substituents is 1. The molecule has 0 aliphatic heterocycles. The molecule has 2 rings (SSSR count). The molecule has 9 heteroatoms. The minimum atomic E-state index is -0.687. The van der Waals surface area contributed by atoms with Gasteiger partial charge in [-0.2, -0.15) is 0 Å². The summed E-state index contributed by atoms with van der Waals surface area (Å²) in [5, 5.41) is 26.4. The van der Waals surface area contributed by atoms with Crippen molar-refractivity contribution in [1.82, 2.24) is 9.59 Å². The van der Waals surface area contributed by atoms with Crippen LogP contribution in [0.25, 0.3) is 0 Å². The fraction of sp³-hybridized carbons (Fsp3) is 0.100. The van der Waals surface area contributed by atoms with Crippen molar-refractivity contribution in [2.24, 2.45) is 0 Å². The van der Waals surface area contributed by atoms with Crippen molar-refractivity contribution in [3.63, 3.8) is 0 Å². The fourth-order valence-electron chi connectivity index (χ4n) is 1.42. The van der Waals surface area contributed by atoms with E-state index in [0.717, 1.165) is 11.5 Å². The van der Waals surface area contributed by atoms with Crippen LogP contribution in [0.4, 0.5) is 11.4 Å². The molecule has 0 radical (unpaired) electrons. The number of aromatic nitrogens is 2. The molecule has 0 aliphatic rings. The molecular weight excluding hydrogens is 272 g/mol. The highest BCUT2D eigenvalue weighted by Crippen LogP contribution is 2.33. The number of amides is 1. The molecule has 1 aromatic heterocycles. The number of carbonyl (C=O) groups is 1. The molecule has 0 bridgehead atoms. The number of benzene rings is 1. The second-order valence-electron chi connectivity index (χ2n) is 3.57. The maximum Gasteiger partial charge on any atom is 0.296 e. The van der Waals surface area contributed by atoms with Gasteiger partial charge >= 0.3 is 0 Å². The van der Waals surface area contributed by atoms with E-state index in [-0.39, 0.29) is 22.0 Å². The summed E-state index contributed by atoms with van der Waals surface area (Å²) in [6.45, 7) is 1.59. The van der Waals surface area contributed by atoms with Crippen molar-refractivity contribution in [3.05, 3.63) is 38.9 Å². The molecule has 0 saturated carbocycles. The van der Waals surface area contributed by atoms with Gasteiger partial charge in [-0.1, -0.05) is 10.6 Å². The highest BCUT2D eigenvalue weighted by Gasteiger charge is 2.22. The molecule has 0 fully saturated rings. The Balaban J connectivity index is 2.36. The van der Waals surface area contributed by atoms with E-state index in [1.165, 1.54) is 18.2 Å². The van der Waals surface area contributed by atoms with E-state index in [1.54, 1.807) is 6.92 Å². The normalized spacial score (nSPS) is 10.2. The molecule has 0 saturated heterocycles. The number of phenols is 1. The Morgan fingerprint density at radius 1 is 1.53 bits per heavy atom. The zero-order valence-electron chi connectivity index (χ0n) is 9.65. The van der Waals surface area contributed by atoms with Crippen LogP contribution in [-0.2, 0) is 0 Å².